The lowest BCUT2D eigenvalue weighted by Crippen LogP contribution is -2.42. The van der Waals surface area contributed by atoms with Gasteiger partial charge in [-0.3, -0.25) is 14.5 Å². The Labute approximate surface area is 202 Å². The molecule has 176 valence electrons. The predicted molar refractivity (Wildman–Crippen MR) is 133 cm³/mol. The maximum atomic E-state index is 13.3. The number of amides is 4. The largest absolute Gasteiger partial charge is 0.325 e. The average molecular weight is 468 g/mol. The van der Waals surface area contributed by atoms with Gasteiger partial charge in [0.2, 0.25) is 5.91 Å². The van der Waals surface area contributed by atoms with Crippen LogP contribution in [-0.4, -0.2) is 39.1 Å². The van der Waals surface area contributed by atoms with Gasteiger partial charge in [0.05, 0.1) is 22.8 Å². The van der Waals surface area contributed by atoms with Crippen LogP contribution in [0, 0.1) is 13.8 Å². The minimum absolute atomic E-state index is 0.400. The number of anilines is 1. The molecule has 1 saturated heterocycles. The Morgan fingerprint density at radius 1 is 0.971 bits per heavy atom. The van der Waals surface area contributed by atoms with Crippen molar-refractivity contribution in [2.75, 3.05) is 11.9 Å². The number of imide groups is 1. The van der Waals surface area contributed by atoms with Crippen molar-refractivity contribution in [2.24, 2.45) is 0 Å². The zero-order chi connectivity index (χ0) is 24.7. The molecule has 1 fully saturated rings. The molecule has 5 rings (SSSR count). The summed E-state index contributed by atoms with van der Waals surface area (Å²) in [5.41, 5.74) is 2.22. The van der Waals surface area contributed by atoms with Crippen LogP contribution in [0.15, 0.2) is 72.8 Å². The summed E-state index contributed by atoms with van der Waals surface area (Å²) in [6.07, 6.45) is 0. The van der Waals surface area contributed by atoms with Crippen LogP contribution in [-0.2, 0) is 15.1 Å². The van der Waals surface area contributed by atoms with Gasteiger partial charge in [0, 0.05) is 0 Å². The van der Waals surface area contributed by atoms with Gasteiger partial charge >= 0.3 is 6.03 Å². The Hall–Kier alpha value is -4.46. The van der Waals surface area contributed by atoms with Crippen LogP contribution < -0.4 is 10.6 Å². The lowest BCUT2D eigenvalue weighted by atomic mass is 9.90. The lowest BCUT2D eigenvalue weighted by molar-refractivity contribution is -0.133. The smallest absolute Gasteiger partial charge is 0.321 e. The van der Waals surface area contributed by atoms with Gasteiger partial charge < -0.3 is 10.6 Å². The molecular weight excluding hydrogens is 442 g/mol. The van der Waals surface area contributed by atoms with Gasteiger partial charge in [-0.15, -0.1) is 0 Å². The quantitative estimate of drug-likeness (QED) is 0.433. The van der Waals surface area contributed by atoms with Crippen LogP contribution in [0.2, 0.25) is 0 Å². The van der Waals surface area contributed by atoms with E-state index in [0.717, 1.165) is 27.1 Å². The first-order chi connectivity index (χ1) is 16.8. The third-order valence-corrected chi connectivity index (χ3v) is 6.46. The highest BCUT2D eigenvalue weighted by molar-refractivity contribution is 6.10. The SMILES string of the molecule is Cc1nn(-c2ccccc2)c(C)c1NC(=O)CN1C(=O)NC(C)(c2ccc3ccccc3c2)C1=O. The summed E-state index contributed by atoms with van der Waals surface area (Å²) in [4.78, 5) is 39.9. The third kappa shape index (κ3) is 3.82. The number of nitrogens with one attached hydrogen (secondary N) is 2. The van der Waals surface area contributed by atoms with Crippen LogP contribution >= 0.6 is 0 Å². The van der Waals surface area contributed by atoms with E-state index in [1.807, 2.05) is 79.7 Å². The van der Waals surface area contributed by atoms with Gasteiger partial charge in [0.15, 0.2) is 0 Å². The monoisotopic (exact) mass is 467 g/mol. The first kappa shape index (κ1) is 22.3. The van der Waals surface area contributed by atoms with Crippen molar-refractivity contribution < 1.29 is 14.4 Å². The molecule has 35 heavy (non-hydrogen) atoms. The molecule has 8 heteroatoms. The fraction of sp³-hybridized carbons (Fsp3) is 0.185. The number of fused-ring (bicyclic) bond motifs is 1. The van der Waals surface area contributed by atoms with Crippen molar-refractivity contribution in [3.05, 3.63) is 89.7 Å². The van der Waals surface area contributed by atoms with E-state index in [1.54, 1.807) is 18.5 Å². The molecule has 8 nitrogen and oxygen atoms in total. The Bertz CT molecular complexity index is 1480. The number of hydrogen-bond acceptors (Lipinski definition) is 4. The van der Waals surface area contributed by atoms with Crippen LogP contribution in [0.3, 0.4) is 0 Å². The molecule has 1 aromatic heterocycles. The second kappa shape index (κ2) is 8.39. The number of carbonyl (C=O) groups is 3. The Balaban J connectivity index is 1.35. The third-order valence-electron chi connectivity index (χ3n) is 6.46. The first-order valence-electron chi connectivity index (χ1n) is 11.3. The molecule has 3 aromatic carbocycles. The van der Waals surface area contributed by atoms with Crippen molar-refractivity contribution in [2.45, 2.75) is 26.3 Å². The lowest BCUT2D eigenvalue weighted by Gasteiger charge is -2.22. The number of urea groups is 1. The normalized spacial score (nSPS) is 17.6. The minimum atomic E-state index is -1.26. The zero-order valence-corrected chi connectivity index (χ0v) is 19.7. The molecule has 1 aliphatic rings. The summed E-state index contributed by atoms with van der Waals surface area (Å²) >= 11 is 0. The van der Waals surface area contributed by atoms with E-state index in [9.17, 15) is 14.4 Å². The van der Waals surface area contributed by atoms with E-state index in [-0.39, 0.29) is 0 Å². The fourth-order valence-electron chi connectivity index (χ4n) is 4.50. The minimum Gasteiger partial charge on any atom is -0.321 e. The molecule has 2 N–H and O–H groups in total. The van der Waals surface area contributed by atoms with Gasteiger partial charge in [-0.25, -0.2) is 9.48 Å². The van der Waals surface area contributed by atoms with E-state index in [0.29, 0.717) is 16.9 Å². The van der Waals surface area contributed by atoms with Gasteiger partial charge in [-0.2, -0.15) is 5.10 Å². The molecule has 0 aliphatic carbocycles. The Kier molecular flexibility index (Phi) is 5.36. The highest BCUT2D eigenvalue weighted by Crippen LogP contribution is 2.31. The van der Waals surface area contributed by atoms with E-state index < -0.39 is 29.9 Å². The number of benzene rings is 3. The second-order valence-corrected chi connectivity index (χ2v) is 8.85. The van der Waals surface area contributed by atoms with Crippen LogP contribution in [0.4, 0.5) is 10.5 Å². The van der Waals surface area contributed by atoms with Crippen molar-refractivity contribution in [1.29, 1.82) is 0 Å². The van der Waals surface area contributed by atoms with Crippen LogP contribution in [0.5, 0.6) is 0 Å². The number of para-hydroxylation sites is 1. The number of hydrogen-bond donors (Lipinski definition) is 2. The molecule has 1 aliphatic heterocycles. The number of aromatic nitrogens is 2. The second-order valence-electron chi connectivity index (χ2n) is 8.85. The Morgan fingerprint density at radius 3 is 2.40 bits per heavy atom. The topological polar surface area (TPSA) is 96.3 Å². The number of nitrogens with zero attached hydrogens (tertiary/aromatic N) is 3. The molecule has 2 heterocycles. The maximum absolute atomic E-state index is 13.3. The molecule has 0 spiro atoms. The molecular formula is C27H25N5O3. The van der Waals surface area contributed by atoms with Gasteiger partial charge in [0.1, 0.15) is 12.1 Å². The van der Waals surface area contributed by atoms with Gasteiger partial charge in [-0.1, -0.05) is 54.6 Å². The summed E-state index contributed by atoms with van der Waals surface area (Å²) < 4.78 is 1.75. The van der Waals surface area contributed by atoms with Gasteiger partial charge in [-0.05, 0) is 55.3 Å². The highest BCUT2D eigenvalue weighted by Gasteiger charge is 2.49. The molecule has 1 atom stereocenters. The summed E-state index contributed by atoms with van der Waals surface area (Å²) in [5, 5.41) is 12.1. The molecule has 4 aromatic rings. The maximum Gasteiger partial charge on any atom is 0.325 e. The van der Waals surface area contributed by atoms with Gasteiger partial charge in [0.25, 0.3) is 5.91 Å². The number of aryl methyl sites for hydroxylation is 1. The van der Waals surface area contributed by atoms with Crippen molar-refractivity contribution in [3.63, 3.8) is 0 Å². The van der Waals surface area contributed by atoms with Crippen LogP contribution in [0.25, 0.3) is 16.5 Å². The van der Waals surface area contributed by atoms with E-state index in [1.165, 1.54) is 0 Å². The zero-order valence-electron chi connectivity index (χ0n) is 19.7. The first-order valence-corrected chi connectivity index (χ1v) is 11.3. The van der Waals surface area contributed by atoms with E-state index >= 15 is 0 Å². The van der Waals surface area contributed by atoms with E-state index in [4.69, 9.17) is 0 Å². The standard InChI is InChI=1S/C27H25N5O3/c1-17-24(18(2)32(30-17)22-11-5-4-6-12-22)28-23(33)16-31-25(34)27(3,29-26(31)35)21-14-13-19-9-7-8-10-20(19)15-21/h4-15H,16H2,1-3H3,(H,28,33)(H,29,35). The van der Waals surface area contributed by atoms with E-state index in [2.05, 4.69) is 15.7 Å². The summed E-state index contributed by atoms with van der Waals surface area (Å²) in [5.74, 6) is -0.948. The number of rotatable bonds is 5. The number of carbonyl (C=O) groups excluding carboxylic acids is 3. The molecule has 0 saturated carbocycles. The summed E-state index contributed by atoms with van der Waals surface area (Å²) in [6, 6.07) is 22.4. The fourth-order valence-corrected chi connectivity index (χ4v) is 4.50. The van der Waals surface area contributed by atoms with Crippen molar-refractivity contribution >= 4 is 34.3 Å². The molecule has 0 bridgehead atoms. The summed E-state index contributed by atoms with van der Waals surface area (Å²) in [6.45, 7) is 4.91. The Morgan fingerprint density at radius 2 is 1.66 bits per heavy atom. The predicted octanol–water partition coefficient (Wildman–Crippen LogP) is 4.05. The summed E-state index contributed by atoms with van der Waals surface area (Å²) in [7, 11) is 0. The molecule has 0 radical (unpaired) electrons. The highest BCUT2D eigenvalue weighted by atomic mass is 16.2. The van der Waals surface area contributed by atoms with Crippen molar-refractivity contribution in [1.82, 2.24) is 20.0 Å². The molecule has 1 unspecified atom stereocenters. The van der Waals surface area contributed by atoms with Crippen molar-refractivity contribution in [3.8, 4) is 5.69 Å². The molecule has 4 amide bonds. The van der Waals surface area contributed by atoms with Crippen LogP contribution in [0.1, 0.15) is 23.9 Å². The average Bonchev–Trinajstić information content (AvgIpc) is 3.26.